The SMILES string of the molecule is CC1=NN(c2c(F)cccc2C(N)=O)CC1CN1CCC2(CC1)OCC(F)(F)c1cc(Cl)sc12. The van der Waals surface area contributed by atoms with Gasteiger partial charge in [-0.05, 0) is 38.0 Å². The number of benzene rings is 1. The van der Waals surface area contributed by atoms with E-state index >= 15 is 0 Å². The molecule has 0 saturated carbocycles. The van der Waals surface area contributed by atoms with E-state index in [9.17, 15) is 18.0 Å². The summed E-state index contributed by atoms with van der Waals surface area (Å²) in [5.41, 5.74) is 5.71. The number of nitrogens with two attached hydrogens (primary N) is 1. The van der Waals surface area contributed by atoms with Crippen LogP contribution in [0.2, 0.25) is 4.34 Å². The molecule has 3 aliphatic heterocycles. The monoisotopic (exact) mass is 512 g/mol. The number of alkyl halides is 2. The molecule has 1 spiro atoms. The molecule has 1 aromatic heterocycles. The lowest BCUT2D eigenvalue weighted by molar-refractivity contribution is -0.181. The van der Waals surface area contributed by atoms with Gasteiger partial charge in [-0.25, -0.2) is 4.39 Å². The highest BCUT2D eigenvalue weighted by molar-refractivity contribution is 7.16. The number of carbonyl (C=O) groups is 1. The molecular formula is C23H24ClF3N4O2S. The van der Waals surface area contributed by atoms with E-state index in [1.54, 1.807) is 0 Å². The molecule has 4 heterocycles. The molecule has 1 unspecified atom stereocenters. The first kappa shape index (κ1) is 23.6. The Labute approximate surface area is 204 Å². The van der Waals surface area contributed by atoms with Gasteiger partial charge >= 0.3 is 0 Å². The first-order valence-corrected chi connectivity index (χ1v) is 12.2. The summed E-state index contributed by atoms with van der Waals surface area (Å²) in [6, 6.07) is 5.58. The Kier molecular flexibility index (Phi) is 5.91. The number of fused-ring (bicyclic) bond motifs is 2. The van der Waals surface area contributed by atoms with E-state index < -0.39 is 29.9 Å². The lowest BCUT2D eigenvalue weighted by atomic mass is 9.84. The van der Waals surface area contributed by atoms with Crippen molar-refractivity contribution in [1.29, 1.82) is 0 Å². The number of carbonyl (C=O) groups excluding carboxylic acids is 1. The molecule has 2 aromatic rings. The van der Waals surface area contributed by atoms with Crippen molar-refractivity contribution in [2.45, 2.75) is 31.3 Å². The highest BCUT2D eigenvalue weighted by Gasteiger charge is 2.51. The molecule has 2 N–H and O–H groups in total. The number of ether oxygens (including phenoxy) is 1. The molecule has 5 rings (SSSR count). The lowest BCUT2D eigenvalue weighted by Crippen LogP contribution is -2.50. The van der Waals surface area contributed by atoms with E-state index in [4.69, 9.17) is 22.1 Å². The summed E-state index contributed by atoms with van der Waals surface area (Å²) in [5, 5.41) is 6.00. The molecular weight excluding hydrogens is 489 g/mol. The van der Waals surface area contributed by atoms with Gasteiger partial charge < -0.3 is 15.4 Å². The summed E-state index contributed by atoms with van der Waals surface area (Å²) in [6.45, 7) is 3.67. The molecule has 11 heteroatoms. The Hall–Kier alpha value is -2.14. The zero-order chi connectivity index (χ0) is 24.3. The number of thiophene rings is 1. The summed E-state index contributed by atoms with van der Waals surface area (Å²) < 4.78 is 49.4. The van der Waals surface area contributed by atoms with Crippen LogP contribution in [0.1, 0.15) is 40.6 Å². The van der Waals surface area contributed by atoms with Gasteiger partial charge in [-0.3, -0.25) is 9.80 Å². The van der Waals surface area contributed by atoms with E-state index in [0.717, 1.165) is 5.71 Å². The molecule has 1 amide bonds. The topological polar surface area (TPSA) is 71.2 Å². The van der Waals surface area contributed by atoms with Gasteiger partial charge in [0, 0.05) is 41.7 Å². The minimum Gasteiger partial charge on any atom is -0.366 e. The van der Waals surface area contributed by atoms with Gasteiger partial charge in [0.2, 0.25) is 0 Å². The highest BCUT2D eigenvalue weighted by Crippen LogP contribution is 2.52. The number of hydrogen-bond acceptors (Lipinski definition) is 6. The number of piperidine rings is 1. The Morgan fingerprint density at radius 1 is 1.35 bits per heavy atom. The summed E-state index contributed by atoms with van der Waals surface area (Å²) in [5.74, 6) is -4.26. The molecule has 3 aliphatic rings. The zero-order valence-corrected chi connectivity index (χ0v) is 20.1. The van der Waals surface area contributed by atoms with E-state index in [2.05, 4.69) is 10.0 Å². The van der Waals surface area contributed by atoms with Gasteiger partial charge in [-0.1, -0.05) is 17.7 Å². The Balaban J connectivity index is 1.27. The number of nitrogens with zero attached hydrogens (tertiary/aromatic N) is 3. The highest BCUT2D eigenvalue weighted by atomic mass is 35.5. The fourth-order valence-corrected chi connectivity index (χ4v) is 6.56. The average molecular weight is 513 g/mol. The predicted octanol–water partition coefficient (Wildman–Crippen LogP) is 4.56. The van der Waals surface area contributed by atoms with Crippen LogP contribution in [0.25, 0.3) is 0 Å². The van der Waals surface area contributed by atoms with Gasteiger partial charge in [0.05, 0.1) is 16.4 Å². The quantitative estimate of drug-likeness (QED) is 0.651. The van der Waals surface area contributed by atoms with Crippen LogP contribution in [0.15, 0.2) is 29.4 Å². The third-order valence-electron chi connectivity index (χ3n) is 6.95. The van der Waals surface area contributed by atoms with Gasteiger partial charge in [0.25, 0.3) is 11.8 Å². The molecule has 0 radical (unpaired) electrons. The summed E-state index contributed by atoms with van der Waals surface area (Å²) in [6.07, 6.45) is 1.16. The normalized spacial score (nSPS) is 23.7. The average Bonchev–Trinajstić information content (AvgIpc) is 3.36. The van der Waals surface area contributed by atoms with Crippen LogP contribution < -0.4 is 10.7 Å². The van der Waals surface area contributed by atoms with E-state index in [1.165, 1.54) is 40.6 Å². The lowest BCUT2D eigenvalue weighted by Gasteiger charge is -2.45. The van der Waals surface area contributed by atoms with Crippen LogP contribution in [-0.2, 0) is 16.3 Å². The van der Waals surface area contributed by atoms with Gasteiger partial charge in [-0.15, -0.1) is 11.3 Å². The van der Waals surface area contributed by atoms with Crippen molar-refractivity contribution in [3.8, 4) is 0 Å². The van der Waals surface area contributed by atoms with E-state index in [-0.39, 0.29) is 22.7 Å². The number of halogens is 4. The largest absolute Gasteiger partial charge is 0.366 e. The van der Waals surface area contributed by atoms with Crippen LogP contribution in [0.5, 0.6) is 0 Å². The van der Waals surface area contributed by atoms with Gasteiger partial charge in [-0.2, -0.15) is 13.9 Å². The third kappa shape index (κ3) is 4.00. The molecule has 1 aromatic carbocycles. The molecule has 182 valence electrons. The maximum atomic E-state index is 14.6. The standard InChI is InChI=1S/C23H24ClF3N4O2S/c1-13-14(11-31(29-13)19-15(21(28)32)3-2-4-17(19)25)10-30-7-5-22(6-8-30)20-16(9-18(24)34-20)23(26,27)12-33-22/h2-4,9,14H,5-8,10-12H2,1H3,(H2,28,32). The van der Waals surface area contributed by atoms with Crippen LogP contribution >= 0.6 is 22.9 Å². The Morgan fingerprint density at radius 2 is 2.09 bits per heavy atom. The second kappa shape index (κ2) is 8.51. The van der Waals surface area contributed by atoms with Crippen LogP contribution in [0.3, 0.4) is 0 Å². The fraction of sp³-hybridized carbons (Fsp3) is 0.478. The van der Waals surface area contributed by atoms with Crippen molar-refractivity contribution in [2.24, 2.45) is 16.8 Å². The molecule has 0 aliphatic carbocycles. The Morgan fingerprint density at radius 3 is 2.79 bits per heavy atom. The summed E-state index contributed by atoms with van der Waals surface area (Å²) in [7, 11) is 0. The first-order chi connectivity index (χ1) is 16.1. The zero-order valence-electron chi connectivity index (χ0n) is 18.5. The van der Waals surface area contributed by atoms with Gasteiger partial charge in [0.15, 0.2) is 0 Å². The number of rotatable bonds is 4. The Bertz CT molecular complexity index is 1160. The minimum atomic E-state index is -3.03. The van der Waals surface area contributed by atoms with Crippen molar-refractivity contribution in [2.75, 3.05) is 37.8 Å². The number of hydrazone groups is 1. The smallest absolute Gasteiger partial charge is 0.297 e. The maximum Gasteiger partial charge on any atom is 0.297 e. The van der Waals surface area contributed by atoms with Gasteiger partial charge in [0.1, 0.15) is 23.7 Å². The second-order valence-corrected chi connectivity index (χ2v) is 10.8. The fourth-order valence-electron chi connectivity index (χ4n) is 5.08. The molecule has 1 saturated heterocycles. The number of likely N-dealkylation sites (tertiary alicyclic amines) is 1. The van der Waals surface area contributed by atoms with E-state index in [1.807, 2.05) is 6.92 Å². The van der Waals surface area contributed by atoms with E-state index in [0.29, 0.717) is 48.2 Å². The van der Waals surface area contributed by atoms with Crippen molar-refractivity contribution >= 4 is 40.2 Å². The summed E-state index contributed by atoms with van der Waals surface area (Å²) in [4.78, 5) is 14.6. The molecule has 0 bridgehead atoms. The molecule has 1 fully saturated rings. The molecule has 6 nitrogen and oxygen atoms in total. The second-order valence-electron chi connectivity index (χ2n) is 9.10. The summed E-state index contributed by atoms with van der Waals surface area (Å²) >= 11 is 7.27. The number of para-hydroxylation sites is 1. The number of hydrogen-bond donors (Lipinski definition) is 1. The minimum absolute atomic E-state index is 0.00763. The first-order valence-electron chi connectivity index (χ1n) is 11.0. The van der Waals surface area contributed by atoms with Crippen molar-refractivity contribution in [3.05, 3.63) is 50.4 Å². The van der Waals surface area contributed by atoms with Crippen molar-refractivity contribution in [1.82, 2.24) is 4.90 Å². The van der Waals surface area contributed by atoms with Crippen LogP contribution in [0, 0.1) is 11.7 Å². The van der Waals surface area contributed by atoms with Crippen LogP contribution in [0.4, 0.5) is 18.9 Å². The number of primary amides is 1. The number of amides is 1. The predicted molar refractivity (Wildman–Crippen MR) is 125 cm³/mol. The molecule has 34 heavy (non-hydrogen) atoms. The third-order valence-corrected chi connectivity index (χ3v) is 8.40. The van der Waals surface area contributed by atoms with Crippen LogP contribution in [-0.4, -0.2) is 49.3 Å². The van der Waals surface area contributed by atoms with Crippen molar-refractivity contribution in [3.63, 3.8) is 0 Å². The maximum absolute atomic E-state index is 14.6. The molecule has 1 atom stereocenters. The van der Waals surface area contributed by atoms with Crippen molar-refractivity contribution < 1.29 is 22.7 Å². The number of anilines is 1.